The molecule has 1 aromatic rings. The van der Waals surface area contributed by atoms with Crippen molar-refractivity contribution in [3.63, 3.8) is 0 Å². The van der Waals surface area contributed by atoms with Gasteiger partial charge in [0.1, 0.15) is 4.88 Å². The number of thiophene rings is 1. The number of carbonyl (C=O) groups is 1. The topological polar surface area (TPSA) is 67.2 Å². The summed E-state index contributed by atoms with van der Waals surface area (Å²) in [7, 11) is 1.66. The van der Waals surface area contributed by atoms with Crippen LogP contribution in [0.25, 0.3) is 0 Å². The first-order valence-electron chi connectivity index (χ1n) is 7.56. The third-order valence-corrected chi connectivity index (χ3v) is 5.45. The molecule has 1 aromatic heterocycles. The highest BCUT2D eigenvalue weighted by atomic mass is 32.1. The molecule has 0 aliphatic heterocycles. The largest absolute Gasteiger partial charge is 0.397 e. The molecule has 2 saturated carbocycles. The maximum absolute atomic E-state index is 11.9. The van der Waals surface area contributed by atoms with Crippen LogP contribution in [-0.4, -0.2) is 19.0 Å². The first kappa shape index (κ1) is 13.7. The summed E-state index contributed by atoms with van der Waals surface area (Å²) in [6.07, 6.45) is 6.19. The first-order valence-corrected chi connectivity index (χ1v) is 8.38. The van der Waals surface area contributed by atoms with Crippen LogP contribution >= 0.6 is 11.3 Å². The number of rotatable bonds is 6. The van der Waals surface area contributed by atoms with E-state index in [0.29, 0.717) is 22.5 Å². The number of amides is 1. The zero-order chi connectivity index (χ0) is 14.3. The number of anilines is 2. The van der Waals surface area contributed by atoms with Gasteiger partial charge < -0.3 is 16.4 Å². The second-order valence-corrected chi connectivity index (χ2v) is 7.00. The normalized spacial score (nSPS) is 24.5. The highest BCUT2D eigenvalue weighted by Gasteiger charge is 2.39. The fraction of sp³-hybridized carbons (Fsp3) is 0.667. The van der Waals surface area contributed by atoms with Gasteiger partial charge in [0, 0.05) is 18.7 Å². The molecule has 0 bridgehead atoms. The molecule has 0 aromatic carbocycles. The van der Waals surface area contributed by atoms with Crippen molar-refractivity contribution >= 4 is 27.9 Å². The molecule has 2 aliphatic rings. The Morgan fingerprint density at radius 1 is 1.45 bits per heavy atom. The fourth-order valence-corrected chi connectivity index (χ4v) is 4.12. The molecule has 2 aliphatic carbocycles. The van der Waals surface area contributed by atoms with Crippen molar-refractivity contribution in [2.24, 2.45) is 5.92 Å². The van der Waals surface area contributed by atoms with E-state index in [0.717, 1.165) is 10.9 Å². The minimum Gasteiger partial charge on any atom is -0.397 e. The Bertz CT molecular complexity index is 521. The second-order valence-electron chi connectivity index (χ2n) is 5.98. The van der Waals surface area contributed by atoms with E-state index >= 15 is 0 Å². The van der Waals surface area contributed by atoms with Crippen molar-refractivity contribution in [2.45, 2.75) is 51.0 Å². The number of nitrogens with one attached hydrogen (secondary N) is 2. The van der Waals surface area contributed by atoms with Crippen molar-refractivity contribution in [1.82, 2.24) is 5.32 Å². The zero-order valence-corrected chi connectivity index (χ0v) is 13.0. The number of nitrogen functional groups attached to an aromatic ring is 1. The Morgan fingerprint density at radius 2 is 2.20 bits per heavy atom. The van der Waals surface area contributed by atoms with Gasteiger partial charge in [-0.15, -0.1) is 11.3 Å². The number of nitrogens with two attached hydrogens (primary N) is 1. The molecule has 2 unspecified atom stereocenters. The van der Waals surface area contributed by atoms with E-state index in [9.17, 15) is 4.79 Å². The van der Waals surface area contributed by atoms with E-state index < -0.39 is 0 Å². The van der Waals surface area contributed by atoms with E-state index in [1.165, 1.54) is 49.0 Å². The predicted octanol–water partition coefficient (Wildman–Crippen LogP) is 3.17. The standard InChI is InChI=1S/C15H23N3OS/c1-3-4-9-7-10(9)18-15-11(8-5-6-8)12(16)13(20-15)14(19)17-2/h8-10,18H,3-7,16H2,1-2H3,(H,17,19). The monoisotopic (exact) mass is 293 g/mol. The van der Waals surface area contributed by atoms with E-state index in [1.54, 1.807) is 7.05 Å². The minimum absolute atomic E-state index is 0.0663. The lowest BCUT2D eigenvalue weighted by Crippen LogP contribution is -2.17. The van der Waals surface area contributed by atoms with E-state index in [2.05, 4.69) is 17.6 Å². The molecule has 4 N–H and O–H groups in total. The average molecular weight is 293 g/mol. The van der Waals surface area contributed by atoms with Gasteiger partial charge in [-0.3, -0.25) is 4.79 Å². The van der Waals surface area contributed by atoms with Gasteiger partial charge in [0.05, 0.1) is 10.7 Å². The van der Waals surface area contributed by atoms with Gasteiger partial charge in [-0.05, 0) is 37.5 Å². The van der Waals surface area contributed by atoms with E-state index in [-0.39, 0.29) is 5.91 Å². The van der Waals surface area contributed by atoms with Crippen molar-refractivity contribution in [2.75, 3.05) is 18.1 Å². The molecular weight excluding hydrogens is 270 g/mol. The summed E-state index contributed by atoms with van der Waals surface area (Å²) in [6.45, 7) is 2.23. The highest BCUT2D eigenvalue weighted by molar-refractivity contribution is 7.18. The number of hydrogen-bond donors (Lipinski definition) is 3. The van der Waals surface area contributed by atoms with Gasteiger partial charge in [0.15, 0.2) is 0 Å². The van der Waals surface area contributed by atoms with Gasteiger partial charge >= 0.3 is 0 Å². The molecule has 2 fully saturated rings. The van der Waals surface area contributed by atoms with Crippen molar-refractivity contribution < 1.29 is 4.79 Å². The maximum atomic E-state index is 11.9. The summed E-state index contributed by atoms with van der Waals surface area (Å²) in [5.74, 6) is 1.30. The van der Waals surface area contributed by atoms with Crippen LogP contribution in [0.5, 0.6) is 0 Å². The van der Waals surface area contributed by atoms with E-state index in [4.69, 9.17) is 5.73 Å². The fourth-order valence-electron chi connectivity index (χ4n) is 2.91. The highest BCUT2D eigenvalue weighted by Crippen LogP contribution is 2.52. The average Bonchev–Trinajstić information content (AvgIpc) is 3.33. The molecule has 2 atom stereocenters. The Kier molecular flexibility index (Phi) is 3.63. The van der Waals surface area contributed by atoms with Crippen LogP contribution in [0.15, 0.2) is 0 Å². The zero-order valence-electron chi connectivity index (χ0n) is 12.2. The summed E-state index contributed by atoms with van der Waals surface area (Å²) in [5, 5.41) is 7.47. The summed E-state index contributed by atoms with van der Waals surface area (Å²) in [4.78, 5) is 12.6. The molecule has 0 radical (unpaired) electrons. The molecule has 0 spiro atoms. The van der Waals surface area contributed by atoms with Gasteiger partial charge in [-0.1, -0.05) is 13.3 Å². The van der Waals surface area contributed by atoms with Crippen LogP contribution in [-0.2, 0) is 0 Å². The van der Waals surface area contributed by atoms with Crippen LogP contribution < -0.4 is 16.4 Å². The van der Waals surface area contributed by atoms with Gasteiger partial charge in [0.25, 0.3) is 5.91 Å². The quantitative estimate of drug-likeness (QED) is 0.754. The van der Waals surface area contributed by atoms with Crippen molar-refractivity contribution in [3.05, 3.63) is 10.4 Å². The first-order chi connectivity index (χ1) is 9.65. The summed E-state index contributed by atoms with van der Waals surface area (Å²) >= 11 is 1.53. The third kappa shape index (κ3) is 2.51. The molecule has 0 saturated heterocycles. The Balaban J connectivity index is 1.80. The van der Waals surface area contributed by atoms with Gasteiger partial charge in [-0.2, -0.15) is 0 Å². The van der Waals surface area contributed by atoms with Crippen molar-refractivity contribution in [1.29, 1.82) is 0 Å². The molecular formula is C15H23N3OS. The van der Waals surface area contributed by atoms with Gasteiger partial charge in [0.2, 0.25) is 0 Å². The molecule has 3 rings (SSSR count). The third-order valence-electron chi connectivity index (χ3n) is 4.30. The molecule has 1 heterocycles. The Labute approximate surface area is 124 Å². The summed E-state index contributed by atoms with van der Waals surface area (Å²) < 4.78 is 0. The molecule has 110 valence electrons. The molecule has 4 nitrogen and oxygen atoms in total. The van der Waals surface area contributed by atoms with Gasteiger partial charge in [-0.25, -0.2) is 0 Å². The Morgan fingerprint density at radius 3 is 2.80 bits per heavy atom. The predicted molar refractivity (Wildman–Crippen MR) is 84.5 cm³/mol. The van der Waals surface area contributed by atoms with Crippen molar-refractivity contribution in [3.8, 4) is 0 Å². The lowest BCUT2D eigenvalue weighted by molar-refractivity contribution is 0.0968. The lowest BCUT2D eigenvalue weighted by atomic mass is 10.1. The second kappa shape index (κ2) is 5.28. The Hall–Kier alpha value is -1.23. The smallest absolute Gasteiger partial charge is 0.263 e. The molecule has 5 heteroatoms. The number of carbonyl (C=O) groups excluding carboxylic acids is 1. The SMILES string of the molecule is CCCC1CC1Nc1sc(C(=O)NC)c(N)c1C1CC1. The lowest BCUT2D eigenvalue weighted by Gasteiger charge is -2.06. The number of hydrogen-bond acceptors (Lipinski definition) is 4. The maximum Gasteiger partial charge on any atom is 0.263 e. The van der Waals surface area contributed by atoms with Crippen LogP contribution in [0.3, 0.4) is 0 Å². The van der Waals surface area contributed by atoms with E-state index in [1.807, 2.05) is 0 Å². The van der Waals surface area contributed by atoms with Crippen LogP contribution in [0, 0.1) is 5.92 Å². The molecule has 20 heavy (non-hydrogen) atoms. The minimum atomic E-state index is -0.0663. The summed E-state index contributed by atoms with van der Waals surface area (Å²) in [6, 6.07) is 0.586. The van der Waals surface area contributed by atoms with Crippen LogP contribution in [0.2, 0.25) is 0 Å². The molecule has 1 amide bonds. The van der Waals surface area contributed by atoms with Crippen LogP contribution in [0.4, 0.5) is 10.7 Å². The van der Waals surface area contributed by atoms with Crippen LogP contribution in [0.1, 0.15) is 60.2 Å². The summed E-state index contributed by atoms with van der Waals surface area (Å²) in [5.41, 5.74) is 8.13.